The molecule has 8 nitrogen and oxygen atoms in total. The van der Waals surface area contributed by atoms with Crippen molar-refractivity contribution in [2.24, 2.45) is 5.92 Å². The lowest BCUT2D eigenvalue weighted by Gasteiger charge is -2.26. The molecule has 1 saturated heterocycles. The van der Waals surface area contributed by atoms with Gasteiger partial charge in [0, 0.05) is 13.1 Å². The Labute approximate surface area is 123 Å². The molecular formula is C13H21N5O3. The van der Waals surface area contributed by atoms with E-state index in [0.29, 0.717) is 6.42 Å². The summed E-state index contributed by atoms with van der Waals surface area (Å²) in [4.78, 5) is 23.8. The molecule has 0 saturated carbocycles. The lowest BCUT2D eigenvalue weighted by molar-refractivity contribution is -0.143. The van der Waals surface area contributed by atoms with Crippen molar-refractivity contribution in [1.29, 1.82) is 0 Å². The van der Waals surface area contributed by atoms with Gasteiger partial charge in [-0.1, -0.05) is 19.1 Å². The van der Waals surface area contributed by atoms with Crippen molar-refractivity contribution >= 4 is 11.9 Å². The third-order valence-corrected chi connectivity index (χ3v) is 3.38. The summed E-state index contributed by atoms with van der Waals surface area (Å²) in [6, 6.07) is -0.427. The van der Waals surface area contributed by atoms with Crippen LogP contribution in [-0.4, -0.2) is 53.1 Å². The molecule has 0 radical (unpaired) electrons. The van der Waals surface area contributed by atoms with Crippen LogP contribution in [0.3, 0.4) is 0 Å². The first-order valence-electron chi connectivity index (χ1n) is 7.02. The van der Waals surface area contributed by atoms with Gasteiger partial charge in [0.25, 0.3) is 5.91 Å². The molecule has 1 atom stereocenters. The molecule has 1 amide bonds. The Kier molecular flexibility index (Phi) is 4.89. The summed E-state index contributed by atoms with van der Waals surface area (Å²) in [5.74, 6) is -0.608. The van der Waals surface area contributed by atoms with Crippen LogP contribution in [0.1, 0.15) is 36.8 Å². The molecule has 8 heteroatoms. The van der Waals surface area contributed by atoms with Gasteiger partial charge in [0.2, 0.25) is 0 Å². The highest BCUT2D eigenvalue weighted by Crippen LogP contribution is 2.11. The summed E-state index contributed by atoms with van der Waals surface area (Å²) >= 11 is 0. The van der Waals surface area contributed by atoms with Gasteiger partial charge in [0.05, 0.1) is 19.3 Å². The van der Waals surface area contributed by atoms with Crippen molar-refractivity contribution in [2.45, 2.75) is 32.4 Å². The lowest BCUT2D eigenvalue weighted by Crippen LogP contribution is -2.43. The van der Waals surface area contributed by atoms with Crippen molar-refractivity contribution in [3.63, 3.8) is 0 Å². The van der Waals surface area contributed by atoms with Crippen LogP contribution in [0.2, 0.25) is 0 Å². The molecule has 2 N–H and O–H groups in total. The summed E-state index contributed by atoms with van der Waals surface area (Å²) < 4.78 is 6.38. The molecular weight excluding hydrogens is 274 g/mol. The van der Waals surface area contributed by atoms with E-state index in [9.17, 15) is 9.59 Å². The van der Waals surface area contributed by atoms with Gasteiger partial charge in [-0.05, 0) is 12.3 Å². The van der Waals surface area contributed by atoms with Crippen molar-refractivity contribution in [3.05, 3.63) is 11.9 Å². The fraction of sp³-hybridized carbons (Fsp3) is 0.692. The molecule has 2 rings (SSSR count). The van der Waals surface area contributed by atoms with Gasteiger partial charge in [0.1, 0.15) is 6.04 Å². The summed E-state index contributed by atoms with van der Waals surface area (Å²) in [6.45, 7) is 5.59. The number of hydrogen-bond acceptors (Lipinski definition) is 6. The molecule has 0 bridgehead atoms. The molecule has 1 aliphatic heterocycles. The zero-order valence-corrected chi connectivity index (χ0v) is 12.5. The number of ether oxygens (including phenoxy) is 1. The number of aromatic nitrogens is 3. The van der Waals surface area contributed by atoms with E-state index in [2.05, 4.69) is 20.9 Å². The zero-order chi connectivity index (χ0) is 15.4. The maximum Gasteiger partial charge on any atom is 0.328 e. The third-order valence-electron chi connectivity index (χ3n) is 3.38. The highest BCUT2D eigenvalue weighted by Gasteiger charge is 2.26. The number of carbonyl (C=O) groups is 2. The Morgan fingerprint density at radius 2 is 2.24 bits per heavy atom. The van der Waals surface area contributed by atoms with E-state index in [1.807, 2.05) is 13.8 Å². The number of carbonyl (C=O) groups excluding carboxylic acids is 2. The largest absolute Gasteiger partial charge is 0.467 e. The lowest BCUT2D eigenvalue weighted by atomic mass is 10.0. The van der Waals surface area contributed by atoms with Gasteiger partial charge in [-0.3, -0.25) is 4.79 Å². The first kappa shape index (κ1) is 15.4. The minimum Gasteiger partial charge on any atom is -0.467 e. The highest BCUT2D eigenvalue weighted by atomic mass is 16.5. The summed E-state index contributed by atoms with van der Waals surface area (Å²) in [7, 11) is 1.31. The average Bonchev–Trinajstić information content (AvgIpc) is 2.83. The standard InChI is InChI=1S/C13H21N5O3/c1-8(2)4-10(13(20)21-3)15-12(19)11-7-18(17-16-11)9-5-14-6-9/h7-10,14H,4-6H2,1-3H3,(H,15,19). The number of rotatable bonds is 6. The highest BCUT2D eigenvalue weighted by molar-refractivity contribution is 5.94. The molecule has 0 aliphatic carbocycles. The van der Waals surface area contributed by atoms with Crippen LogP contribution in [0.15, 0.2) is 6.20 Å². The molecule has 0 spiro atoms. The average molecular weight is 295 g/mol. The van der Waals surface area contributed by atoms with Crippen LogP contribution in [0.4, 0.5) is 0 Å². The fourth-order valence-electron chi connectivity index (χ4n) is 2.08. The molecule has 1 fully saturated rings. The SMILES string of the molecule is COC(=O)C(CC(C)C)NC(=O)c1cn(C2CNC2)nn1. The first-order chi connectivity index (χ1) is 10.0. The van der Waals surface area contributed by atoms with Crippen molar-refractivity contribution in [1.82, 2.24) is 25.6 Å². The van der Waals surface area contributed by atoms with Gasteiger partial charge in [-0.25, -0.2) is 9.48 Å². The van der Waals surface area contributed by atoms with Crippen LogP contribution in [-0.2, 0) is 9.53 Å². The summed E-state index contributed by atoms with van der Waals surface area (Å²) in [5, 5.41) is 13.6. The van der Waals surface area contributed by atoms with E-state index in [4.69, 9.17) is 4.74 Å². The molecule has 1 aromatic rings. The molecule has 2 heterocycles. The molecule has 1 aliphatic rings. The second-order valence-electron chi connectivity index (χ2n) is 5.57. The first-order valence-corrected chi connectivity index (χ1v) is 7.02. The molecule has 1 unspecified atom stereocenters. The monoisotopic (exact) mass is 295 g/mol. The van der Waals surface area contributed by atoms with E-state index in [-0.39, 0.29) is 17.7 Å². The number of hydrogen-bond donors (Lipinski definition) is 2. The van der Waals surface area contributed by atoms with Crippen LogP contribution in [0, 0.1) is 5.92 Å². The van der Waals surface area contributed by atoms with Gasteiger partial charge >= 0.3 is 5.97 Å². The summed E-state index contributed by atoms with van der Waals surface area (Å²) in [6.07, 6.45) is 2.11. The van der Waals surface area contributed by atoms with Gasteiger partial charge in [-0.15, -0.1) is 5.10 Å². The Morgan fingerprint density at radius 1 is 1.52 bits per heavy atom. The van der Waals surface area contributed by atoms with Crippen molar-refractivity contribution in [2.75, 3.05) is 20.2 Å². The smallest absolute Gasteiger partial charge is 0.328 e. The Morgan fingerprint density at radius 3 is 2.76 bits per heavy atom. The number of nitrogens with one attached hydrogen (secondary N) is 2. The van der Waals surface area contributed by atoms with E-state index in [1.54, 1.807) is 10.9 Å². The second kappa shape index (κ2) is 6.66. The maximum atomic E-state index is 12.1. The minimum absolute atomic E-state index is 0.208. The van der Waals surface area contributed by atoms with Crippen molar-refractivity contribution < 1.29 is 14.3 Å². The number of amides is 1. The van der Waals surface area contributed by atoms with Gasteiger partial charge in [0.15, 0.2) is 5.69 Å². The van der Waals surface area contributed by atoms with Crippen LogP contribution in [0.25, 0.3) is 0 Å². The van der Waals surface area contributed by atoms with Gasteiger partial charge in [-0.2, -0.15) is 0 Å². The molecule has 1 aromatic heterocycles. The van der Waals surface area contributed by atoms with E-state index in [0.717, 1.165) is 13.1 Å². The fourth-order valence-corrected chi connectivity index (χ4v) is 2.08. The third kappa shape index (κ3) is 3.78. The Bertz CT molecular complexity index is 510. The van der Waals surface area contributed by atoms with E-state index >= 15 is 0 Å². The molecule has 0 aromatic carbocycles. The quantitative estimate of drug-likeness (QED) is 0.702. The van der Waals surface area contributed by atoms with E-state index in [1.165, 1.54) is 7.11 Å². The van der Waals surface area contributed by atoms with Crippen LogP contribution in [0.5, 0.6) is 0 Å². The Hall–Kier alpha value is -1.96. The second-order valence-corrected chi connectivity index (χ2v) is 5.57. The zero-order valence-electron chi connectivity index (χ0n) is 12.5. The van der Waals surface area contributed by atoms with Crippen LogP contribution < -0.4 is 10.6 Å². The topological polar surface area (TPSA) is 98.1 Å². The predicted molar refractivity (Wildman–Crippen MR) is 74.7 cm³/mol. The van der Waals surface area contributed by atoms with Crippen molar-refractivity contribution in [3.8, 4) is 0 Å². The normalized spacial score (nSPS) is 16.4. The number of esters is 1. The minimum atomic E-state index is -0.669. The summed E-state index contributed by atoms with van der Waals surface area (Å²) in [5.41, 5.74) is 0.208. The Balaban J connectivity index is 2.00. The predicted octanol–water partition coefficient (Wildman–Crippen LogP) is -0.260. The van der Waals surface area contributed by atoms with Crippen LogP contribution >= 0.6 is 0 Å². The number of methoxy groups -OCH3 is 1. The molecule has 21 heavy (non-hydrogen) atoms. The van der Waals surface area contributed by atoms with Gasteiger partial charge < -0.3 is 15.4 Å². The van der Waals surface area contributed by atoms with E-state index < -0.39 is 17.9 Å². The molecule has 116 valence electrons. The number of nitrogens with zero attached hydrogens (tertiary/aromatic N) is 3. The maximum absolute atomic E-state index is 12.1.